The number of fused-ring (bicyclic) bond motifs is 4. The van der Waals surface area contributed by atoms with Gasteiger partial charge in [-0.2, -0.15) is 0 Å². The molecular formula is C23H19N3O. The third-order valence-electron chi connectivity index (χ3n) is 4.96. The predicted octanol–water partition coefficient (Wildman–Crippen LogP) is 5.72. The minimum Gasteiger partial charge on any atom is -0.456 e. The monoisotopic (exact) mass is 353 g/mol. The molecule has 0 spiro atoms. The Hall–Kier alpha value is -3.27. The molecule has 0 aliphatic carbocycles. The number of benzene rings is 3. The van der Waals surface area contributed by atoms with Crippen molar-refractivity contribution >= 4 is 32.7 Å². The largest absolute Gasteiger partial charge is 0.456 e. The third-order valence-corrected chi connectivity index (χ3v) is 4.96. The predicted molar refractivity (Wildman–Crippen MR) is 109 cm³/mol. The summed E-state index contributed by atoms with van der Waals surface area (Å²) in [4.78, 5) is 13.9. The van der Waals surface area contributed by atoms with Crippen molar-refractivity contribution in [3.05, 3.63) is 66.2 Å². The summed E-state index contributed by atoms with van der Waals surface area (Å²) in [6.07, 6.45) is 1.57. The van der Waals surface area contributed by atoms with E-state index < -0.39 is 0 Å². The van der Waals surface area contributed by atoms with Gasteiger partial charge in [0.2, 0.25) is 0 Å². The van der Waals surface area contributed by atoms with Gasteiger partial charge >= 0.3 is 0 Å². The molecule has 4 nitrogen and oxygen atoms in total. The number of aromatic nitrogens is 3. The molecule has 0 saturated heterocycles. The summed E-state index contributed by atoms with van der Waals surface area (Å²) in [6.45, 7) is 4.14. The lowest BCUT2D eigenvalue weighted by Crippen LogP contribution is -2.04. The van der Waals surface area contributed by atoms with Crippen LogP contribution in [-0.2, 0) is 12.8 Å². The van der Waals surface area contributed by atoms with E-state index in [0.29, 0.717) is 0 Å². The van der Waals surface area contributed by atoms with Gasteiger partial charge in [0.15, 0.2) is 5.82 Å². The summed E-state index contributed by atoms with van der Waals surface area (Å²) < 4.78 is 6.16. The van der Waals surface area contributed by atoms with Crippen molar-refractivity contribution < 1.29 is 4.42 Å². The third kappa shape index (κ3) is 2.56. The summed E-state index contributed by atoms with van der Waals surface area (Å²) in [5.41, 5.74) is 2.74. The van der Waals surface area contributed by atoms with Gasteiger partial charge in [-0.05, 0) is 29.0 Å². The molecule has 0 aliphatic heterocycles. The zero-order valence-electron chi connectivity index (χ0n) is 15.4. The number of aryl methyl sites for hydroxylation is 2. The quantitative estimate of drug-likeness (QED) is 0.416. The Morgan fingerprint density at radius 1 is 0.741 bits per heavy atom. The van der Waals surface area contributed by atoms with Crippen LogP contribution in [0.2, 0.25) is 0 Å². The molecule has 132 valence electrons. The van der Waals surface area contributed by atoms with Crippen LogP contribution in [0, 0.1) is 0 Å². The van der Waals surface area contributed by atoms with E-state index in [4.69, 9.17) is 14.4 Å². The maximum absolute atomic E-state index is 6.16. The molecule has 0 fully saturated rings. The smallest absolute Gasteiger partial charge is 0.164 e. The molecule has 0 bridgehead atoms. The van der Waals surface area contributed by atoms with E-state index in [1.165, 1.54) is 10.8 Å². The molecule has 0 amide bonds. The number of hydrogen-bond acceptors (Lipinski definition) is 4. The van der Waals surface area contributed by atoms with Crippen LogP contribution in [0.3, 0.4) is 0 Å². The van der Waals surface area contributed by atoms with Crippen LogP contribution in [0.1, 0.15) is 25.5 Å². The Labute approximate surface area is 156 Å². The summed E-state index contributed by atoms with van der Waals surface area (Å²) in [5.74, 6) is 2.37. The van der Waals surface area contributed by atoms with Crippen molar-refractivity contribution in [2.75, 3.05) is 0 Å². The van der Waals surface area contributed by atoms with E-state index in [9.17, 15) is 0 Å². The highest BCUT2D eigenvalue weighted by Crippen LogP contribution is 2.37. The Morgan fingerprint density at radius 2 is 1.44 bits per heavy atom. The second kappa shape index (κ2) is 6.16. The summed E-state index contributed by atoms with van der Waals surface area (Å²) >= 11 is 0. The molecule has 0 N–H and O–H groups in total. The van der Waals surface area contributed by atoms with Gasteiger partial charge in [-0.15, -0.1) is 0 Å². The van der Waals surface area contributed by atoms with Crippen LogP contribution in [0.5, 0.6) is 0 Å². The second-order valence-electron chi connectivity index (χ2n) is 6.67. The fourth-order valence-corrected chi connectivity index (χ4v) is 3.60. The van der Waals surface area contributed by atoms with Crippen LogP contribution in [0.4, 0.5) is 0 Å². The van der Waals surface area contributed by atoms with E-state index in [2.05, 4.69) is 55.2 Å². The first-order chi connectivity index (χ1) is 13.3. The van der Waals surface area contributed by atoms with E-state index in [0.717, 1.165) is 57.8 Å². The molecule has 0 aliphatic rings. The highest BCUT2D eigenvalue weighted by Gasteiger charge is 2.16. The average Bonchev–Trinajstić information content (AvgIpc) is 3.09. The molecule has 2 heterocycles. The number of rotatable bonds is 3. The average molecular weight is 353 g/mol. The van der Waals surface area contributed by atoms with E-state index in [-0.39, 0.29) is 0 Å². The van der Waals surface area contributed by atoms with E-state index >= 15 is 0 Å². The second-order valence-corrected chi connectivity index (χ2v) is 6.67. The zero-order chi connectivity index (χ0) is 18.4. The molecule has 0 atom stereocenters. The van der Waals surface area contributed by atoms with Crippen molar-refractivity contribution in [3.8, 4) is 11.4 Å². The standard InChI is InChI=1S/C23H19N3O/c1-3-20-24-21(4-2)26-23(25-20)16-10-7-11-18-22(16)17-12-14-8-5-6-9-15(14)13-19(17)27-18/h5-13H,3-4H2,1-2H3. The first kappa shape index (κ1) is 15.9. The van der Waals surface area contributed by atoms with E-state index in [1.807, 2.05) is 18.2 Å². The number of nitrogens with zero attached hydrogens (tertiary/aromatic N) is 3. The minimum absolute atomic E-state index is 0.722. The number of hydrogen-bond donors (Lipinski definition) is 0. The van der Waals surface area contributed by atoms with Crippen molar-refractivity contribution in [2.45, 2.75) is 26.7 Å². The Bertz CT molecular complexity index is 1280. The zero-order valence-corrected chi connectivity index (χ0v) is 15.4. The molecule has 0 radical (unpaired) electrons. The normalized spacial score (nSPS) is 11.6. The van der Waals surface area contributed by atoms with Crippen LogP contribution in [-0.4, -0.2) is 15.0 Å². The summed E-state index contributed by atoms with van der Waals surface area (Å²) in [5, 5.41) is 4.53. The first-order valence-corrected chi connectivity index (χ1v) is 9.35. The molecule has 0 unspecified atom stereocenters. The Morgan fingerprint density at radius 3 is 2.15 bits per heavy atom. The first-order valence-electron chi connectivity index (χ1n) is 9.35. The van der Waals surface area contributed by atoms with Gasteiger partial charge < -0.3 is 4.42 Å². The Balaban J connectivity index is 1.86. The topological polar surface area (TPSA) is 51.8 Å². The van der Waals surface area contributed by atoms with Crippen molar-refractivity contribution in [1.82, 2.24) is 15.0 Å². The number of furan rings is 1. The lowest BCUT2D eigenvalue weighted by Gasteiger charge is -2.06. The summed E-state index contributed by atoms with van der Waals surface area (Å²) in [7, 11) is 0. The van der Waals surface area contributed by atoms with Gasteiger partial charge in [-0.1, -0.05) is 50.2 Å². The van der Waals surface area contributed by atoms with Gasteiger partial charge in [0, 0.05) is 29.2 Å². The van der Waals surface area contributed by atoms with Crippen molar-refractivity contribution in [1.29, 1.82) is 0 Å². The van der Waals surface area contributed by atoms with Gasteiger partial charge in [-0.25, -0.2) is 15.0 Å². The molecule has 2 aromatic heterocycles. The SMILES string of the molecule is CCc1nc(CC)nc(-c2cccc3oc4cc5ccccc5cc4c23)n1. The van der Waals surface area contributed by atoms with Crippen molar-refractivity contribution in [2.24, 2.45) is 0 Å². The molecule has 3 aromatic carbocycles. The van der Waals surface area contributed by atoms with Gasteiger partial charge in [0.05, 0.1) is 0 Å². The van der Waals surface area contributed by atoms with Crippen LogP contribution in [0.15, 0.2) is 59.0 Å². The minimum atomic E-state index is 0.722. The highest BCUT2D eigenvalue weighted by molar-refractivity contribution is 6.15. The van der Waals surface area contributed by atoms with Crippen molar-refractivity contribution in [3.63, 3.8) is 0 Å². The Kier molecular flexibility index (Phi) is 3.64. The molecule has 4 heteroatoms. The summed E-state index contributed by atoms with van der Waals surface area (Å²) in [6, 6.07) is 18.7. The van der Waals surface area contributed by atoms with Crippen LogP contribution >= 0.6 is 0 Å². The fourth-order valence-electron chi connectivity index (χ4n) is 3.60. The highest BCUT2D eigenvalue weighted by atomic mass is 16.3. The molecule has 5 rings (SSSR count). The molecule has 27 heavy (non-hydrogen) atoms. The van der Waals surface area contributed by atoms with Gasteiger partial charge in [-0.3, -0.25) is 0 Å². The van der Waals surface area contributed by atoms with Crippen LogP contribution in [0.25, 0.3) is 44.1 Å². The molecular weight excluding hydrogens is 334 g/mol. The molecule has 5 aromatic rings. The maximum atomic E-state index is 6.16. The molecule has 0 saturated carbocycles. The van der Waals surface area contributed by atoms with Gasteiger partial charge in [0.1, 0.15) is 22.8 Å². The lowest BCUT2D eigenvalue weighted by atomic mass is 10.0. The van der Waals surface area contributed by atoms with Gasteiger partial charge in [0.25, 0.3) is 0 Å². The lowest BCUT2D eigenvalue weighted by molar-refractivity contribution is 0.669. The maximum Gasteiger partial charge on any atom is 0.164 e. The van der Waals surface area contributed by atoms with E-state index in [1.54, 1.807) is 0 Å². The fraction of sp³-hybridized carbons (Fsp3) is 0.174. The van der Waals surface area contributed by atoms with Crippen LogP contribution < -0.4 is 0 Å².